The Morgan fingerprint density at radius 3 is 2.88 bits per heavy atom. The summed E-state index contributed by atoms with van der Waals surface area (Å²) < 4.78 is 0. The Hall–Kier alpha value is -1.07. The fraction of sp³-hybridized carbons (Fsp3) is 0.600. The van der Waals surface area contributed by atoms with Crippen molar-refractivity contribution in [1.29, 1.82) is 0 Å². The molecule has 0 saturated heterocycles. The quantitative estimate of drug-likeness (QED) is 0.721. The van der Waals surface area contributed by atoms with Gasteiger partial charge in [0, 0.05) is 18.3 Å². The molecule has 5 nitrogen and oxygen atoms in total. The highest BCUT2D eigenvalue weighted by molar-refractivity contribution is 5.92. The van der Waals surface area contributed by atoms with Crippen LogP contribution in [0.4, 0.5) is 0 Å². The summed E-state index contributed by atoms with van der Waals surface area (Å²) in [5.41, 5.74) is 6.98. The predicted molar refractivity (Wildman–Crippen MR) is 65.8 cm³/mol. The summed E-state index contributed by atoms with van der Waals surface area (Å²) in [5.74, 6) is -0.147. The van der Waals surface area contributed by atoms with Gasteiger partial charge >= 0.3 is 0 Å². The van der Waals surface area contributed by atoms with Gasteiger partial charge in [0.1, 0.15) is 5.69 Å². The number of H-pyrrole nitrogens is 1. The molecule has 1 atom stereocenters. The van der Waals surface area contributed by atoms with E-state index in [4.69, 9.17) is 5.73 Å². The normalized spacial score (nSPS) is 11.7. The molecular formula is C10H19ClN4O. The average Bonchev–Trinajstić information content (AvgIpc) is 2.65. The number of aromatic nitrogens is 2. The molecule has 0 aromatic carbocycles. The van der Waals surface area contributed by atoms with Gasteiger partial charge in [0.2, 0.25) is 0 Å². The fourth-order valence-electron chi connectivity index (χ4n) is 1.16. The third-order valence-corrected chi connectivity index (χ3v) is 2.13. The van der Waals surface area contributed by atoms with Gasteiger partial charge in [-0.05, 0) is 25.8 Å². The number of aryl methyl sites for hydroxylation is 1. The van der Waals surface area contributed by atoms with E-state index in [0.717, 1.165) is 18.5 Å². The average molecular weight is 247 g/mol. The lowest BCUT2D eigenvalue weighted by Crippen LogP contribution is -2.29. The molecule has 92 valence electrons. The fourth-order valence-corrected chi connectivity index (χ4v) is 1.16. The molecule has 16 heavy (non-hydrogen) atoms. The van der Waals surface area contributed by atoms with Crippen molar-refractivity contribution in [1.82, 2.24) is 15.5 Å². The lowest BCUT2D eigenvalue weighted by atomic mass is 10.2. The van der Waals surface area contributed by atoms with Gasteiger partial charge in [0.05, 0.1) is 0 Å². The molecule has 0 radical (unpaired) electrons. The van der Waals surface area contributed by atoms with E-state index in [2.05, 4.69) is 15.5 Å². The first kappa shape index (κ1) is 14.9. The largest absolute Gasteiger partial charge is 0.351 e. The molecule has 1 aromatic rings. The van der Waals surface area contributed by atoms with Gasteiger partial charge in [-0.1, -0.05) is 6.92 Å². The van der Waals surface area contributed by atoms with Crippen LogP contribution in [0, 0.1) is 0 Å². The maximum absolute atomic E-state index is 11.5. The third-order valence-electron chi connectivity index (χ3n) is 2.13. The number of aromatic amines is 1. The first-order chi connectivity index (χ1) is 7.13. The number of carbonyl (C=O) groups excluding carboxylic acids is 1. The summed E-state index contributed by atoms with van der Waals surface area (Å²) in [6.45, 7) is 4.51. The zero-order valence-electron chi connectivity index (χ0n) is 9.62. The van der Waals surface area contributed by atoms with Crippen molar-refractivity contribution >= 4 is 18.3 Å². The standard InChI is InChI=1S/C10H18N4O.ClH/c1-3-8-6-9(14-13-8)10(15)12-5-4-7(2)11;/h6-7H,3-5,11H2,1-2H3,(H,12,15)(H,13,14);1H. The smallest absolute Gasteiger partial charge is 0.271 e. The molecule has 0 fully saturated rings. The van der Waals surface area contributed by atoms with Crippen molar-refractivity contribution in [3.8, 4) is 0 Å². The summed E-state index contributed by atoms with van der Waals surface area (Å²) >= 11 is 0. The maximum Gasteiger partial charge on any atom is 0.271 e. The first-order valence-electron chi connectivity index (χ1n) is 5.21. The molecular weight excluding hydrogens is 228 g/mol. The second-order valence-corrected chi connectivity index (χ2v) is 3.65. The molecule has 0 aliphatic rings. The molecule has 1 aromatic heterocycles. The van der Waals surface area contributed by atoms with E-state index in [0.29, 0.717) is 12.2 Å². The number of rotatable bonds is 5. The highest BCUT2D eigenvalue weighted by Gasteiger charge is 2.08. The van der Waals surface area contributed by atoms with E-state index < -0.39 is 0 Å². The summed E-state index contributed by atoms with van der Waals surface area (Å²) in [4.78, 5) is 11.5. The Labute approximate surface area is 102 Å². The predicted octanol–water partition coefficient (Wildman–Crippen LogP) is 0.861. The van der Waals surface area contributed by atoms with Crippen molar-refractivity contribution in [2.75, 3.05) is 6.54 Å². The highest BCUT2D eigenvalue weighted by Crippen LogP contribution is 1.99. The van der Waals surface area contributed by atoms with E-state index in [1.54, 1.807) is 6.07 Å². The van der Waals surface area contributed by atoms with Crippen LogP contribution in [0.15, 0.2) is 6.07 Å². The minimum Gasteiger partial charge on any atom is -0.351 e. The van der Waals surface area contributed by atoms with E-state index in [1.165, 1.54) is 0 Å². The van der Waals surface area contributed by atoms with Crippen molar-refractivity contribution in [3.05, 3.63) is 17.5 Å². The van der Waals surface area contributed by atoms with E-state index in [-0.39, 0.29) is 24.4 Å². The van der Waals surface area contributed by atoms with Crippen LogP contribution in [-0.4, -0.2) is 28.7 Å². The molecule has 1 heterocycles. The zero-order chi connectivity index (χ0) is 11.3. The molecule has 4 N–H and O–H groups in total. The van der Waals surface area contributed by atoms with E-state index >= 15 is 0 Å². The molecule has 0 aliphatic carbocycles. The van der Waals surface area contributed by atoms with Crippen LogP contribution in [0.5, 0.6) is 0 Å². The molecule has 0 bridgehead atoms. The van der Waals surface area contributed by atoms with Gasteiger partial charge in [0.25, 0.3) is 5.91 Å². The minimum absolute atomic E-state index is 0. The number of halogens is 1. The Kier molecular flexibility index (Phi) is 6.76. The van der Waals surface area contributed by atoms with Gasteiger partial charge < -0.3 is 11.1 Å². The van der Waals surface area contributed by atoms with Crippen molar-refractivity contribution in [3.63, 3.8) is 0 Å². The van der Waals surface area contributed by atoms with Crippen LogP contribution in [0.1, 0.15) is 36.5 Å². The summed E-state index contributed by atoms with van der Waals surface area (Å²) in [7, 11) is 0. The van der Waals surface area contributed by atoms with Gasteiger partial charge in [-0.3, -0.25) is 9.89 Å². The van der Waals surface area contributed by atoms with Crippen molar-refractivity contribution < 1.29 is 4.79 Å². The minimum atomic E-state index is -0.147. The molecule has 0 aliphatic heterocycles. The molecule has 1 unspecified atom stereocenters. The number of hydrogen-bond donors (Lipinski definition) is 3. The van der Waals surface area contributed by atoms with Crippen LogP contribution in [0.3, 0.4) is 0 Å². The Balaban J connectivity index is 0.00000225. The van der Waals surface area contributed by atoms with Crippen LogP contribution in [0.25, 0.3) is 0 Å². The van der Waals surface area contributed by atoms with Crippen LogP contribution in [-0.2, 0) is 6.42 Å². The molecule has 0 saturated carbocycles. The van der Waals surface area contributed by atoms with Crippen LogP contribution < -0.4 is 11.1 Å². The molecule has 0 spiro atoms. The van der Waals surface area contributed by atoms with Crippen LogP contribution in [0.2, 0.25) is 0 Å². The third kappa shape index (κ3) is 4.63. The summed E-state index contributed by atoms with van der Waals surface area (Å²) in [6.07, 6.45) is 1.62. The number of hydrogen-bond acceptors (Lipinski definition) is 3. The van der Waals surface area contributed by atoms with Gasteiger partial charge in [-0.15, -0.1) is 12.4 Å². The van der Waals surface area contributed by atoms with Gasteiger partial charge in [-0.2, -0.15) is 5.10 Å². The van der Waals surface area contributed by atoms with Crippen molar-refractivity contribution in [2.24, 2.45) is 5.73 Å². The van der Waals surface area contributed by atoms with E-state index in [1.807, 2.05) is 13.8 Å². The lowest BCUT2D eigenvalue weighted by Gasteiger charge is -2.05. The topological polar surface area (TPSA) is 83.8 Å². The lowest BCUT2D eigenvalue weighted by molar-refractivity contribution is 0.0948. The second kappa shape index (κ2) is 7.24. The molecule has 6 heteroatoms. The zero-order valence-corrected chi connectivity index (χ0v) is 10.4. The van der Waals surface area contributed by atoms with Crippen LogP contribution >= 0.6 is 12.4 Å². The number of nitrogens with one attached hydrogen (secondary N) is 2. The van der Waals surface area contributed by atoms with E-state index in [9.17, 15) is 4.79 Å². The SMILES string of the molecule is CCc1cc(C(=O)NCCC(C)N)n[nH]1.Cl. The van der Waals surface area contributed by atoms with Gasteiger partial charge in [-0.25, -0.2) is 0 Å². The Bertz CT molecular complexity index is 324. The molecule has 1 amide bonds. The highest BCUT2D eigenvalue weighted by atomic mass is 35.5. The Morgan fingerprint density at radius 1 is 1.69 bits per heavy atom. The Morgan fingerprint density at radius 2 is 2.38 bits per heavy atom. The first-order valence-corrected chi connectivity index (χ1v) is 5.21. The maximum atomic E-state index is 11.5. The van der Waals surface area contributed by atoms with Crippen molar-refractivity contribution in [2.45, 2.75) is 32.7 Å². The number of carbonyl (C=O) groups is 1. The second-order valence-electron chi connectivity index (χ2n) is 3.65. The summed E-state index contributed by atoms with van der Waals surface area (Å²) in [6, 6.07) is 1.87. The van der Waals surface area contributed by atoms with Gasteiger partial charge in [0.15, 0.2) is 0 Å². The number of nitrogens with zero attached hydrogens (tertiary/aromatic N) is 1. The monoisotopic (exact) mass is 246 g/mol. The molecule has 1 rings (SSSR count). The summed E-state index contributed by atoms with van der Waals surface area (Å²) in [5, 5.41) is 9.48. The number of nitrogens with two attached hydrogens (primary N) is 1. The number of amides is 1.